The molecule has 4 nitrogen and oxygen atoms in total. The van der Waals surface area contributed by atoms with Gasteiger partial charge < -0.3 is 10.2 Å². The number of benzene rings is 1. The topological polar surface area (TPSA) is 45.2 Å². The van der Waals surface area contributed by atoms with Crippen LogP contribution in [0.15, 0.2) is 36.7 Å². The first kappa shape index (κ1) is 16.4. The Balaban J connectivity index is 1.77. The van der Waals surface area contributed by atoms with Gasteiger partial charge in [-0.2, -0.15) is 0 Å². The molecule has 6 heteroatoms. The minimum absolute atomic E-state index is 0.0624. The molecule has 0 aliphatic carbocycles. The second-order valence-electron chi connectivity index (χ2n) is 5.92. The number of carbonyl (C=O) groups is 1. The lowest BCUT2D eigenvalue weighted by molar-refractivity contribution is 0.0761. The number of nitrogens with one attached hydrogen (secondary N) is 1. The summed E-state index contributed by atoms with van der Waals surface area (Å²) in [7, 11) is 0. The van der Waals surface area contributed by atoms with Crippen LogP contribution in [-0.2, 0) is 0 Å². The van der Waals surface area contributed by atoms with Gasteiger partial charge in [-0.05, 0) is 31.0 Å². The molecule has 1 aromatic carbocycles. The van der Waals surface area contributed by atoms with Crippen LogP contribution in [0.25, 0.3) is 0 Å². The fourth-order valence-corrected chi connectivity index (χ4v) is 2.83. The molecule has 24 heavy (non-hydrogen) atoms. The largest absolute Gasteiger partial charge is 0.352 e. The molecule has 0 bridgehead atoms. The maximum atomic E-state index is 13.7. The summed E-state index contributed by atoms with van der Waals surface area (Å²) < 4.78 is 26.7. The number of halogens is 2. The summed E-state index contributed by atoms with van der Waals surface area (Å²) in [5.41, 5.74) is 1.09. The third-order valence-corrected chi connectivity index (χ3v) is 4.09. The highest BCUT2D eigenvalue weighted by Gasteiger charge is 2.18. The molecule has 1 aliphatic rings. The molecule has 0 atom stereocenters. The molecule has 2 heterocycles. The second kappa shape index (κ2) is 7.38. The van der Waals surface area contributed by atoms with Crippen LogP contribution in [0, 0.1) is 11.6 Å². The quantitative estimate of drug-likeness (QED) is 0.920. The number of anilines is 2. The zero-order valence-corrected chi connectivity index (χ0v) is 13.3. The van der Waals surface area contributed by atoms with Crippen molar-refractivity contribution in [2.45, 2.75) is 25.7 Å². The Morgan fingerprint density at radius 1 is 1.04 bits per heavy atom. The lowest BCUT2D eigenvalue weighted by atomic mass is 10.2. The van der Waals surface area contributed by atoms with E-state index in [4.69, 9.17) is 0 Å². The summed E-state index contributed by atoms with van der Waals surface area (Å²) in [6.45, 7) is 1.51. The molecule has 1 N–H and O–H groups in total. The maximum absolute atomic E-state index is 13.7. The zero-order chi connectivity index (χ0) is 16.9. The zero-order valence-electron chi connectivity index (χ0n) is 13.3. The monoisotopic (exact) mass is 331 g/mol. The van der Waals surface area contributed by atoms with E-state index in [1.54, 1.807) is 6.07 Å². The van der Waals surface area contributed by atoms with E-state index in [0.717, 1.165) is 44.8 Å². The molecule has 1 fully saturated rings. The fraction of sp³-hybridized carbons (Fsp3) is 0.333. The number of rotatable bonds is 3. The number of amides is 1. The van der Waals surface area contributed by atoms with Crippen LogP contribution in [-0.4, -0.2) is 28.9 Å². The first-order valence-corrected chi connectivity index (χ1v) is 8.10. The predicted molar refractivity (Wildman–Crippen MR) is 88.2 cm³/mol. The Morgan fingerprint density at radius 3 is 2.50 bits per heavy atom. The van der Waals surface area contributed by atoms with Crippen molar-refractivity contribution in [2.24, 2.45) is 0 Å². The van der Waals surface area contributed by atoms with Crippen molar-refractivity contribution in [3.63, 3.8) is 0 Å². The van der Waals surface area contributed by atoms with Crippen molar-refractivity contribution in [2.75, 3.05) is 18.4 Å². The van der Waals surface area contributed by atoms with Gasteiger partial charge >= 0.3 is 0 Å². The minimum Gasteiger partial charge on any atom is -0.352 e. The maximum Gasteiger partial charge on any atom is 0.255 e. The number of pyridine rings is 1. The molecule has 0 radical (unpaired) electrons. The number of hydrogen-bond acceptors (Lipinski definition) is 3. The van der Waals surface area contributed by atoms with Crippen molar-refractivity contribution >= 4 is 17.3 Å². The van der Waals surface area contributed by atoms with Gasteiger partial charge in [0.2, 0.25) is 0 Å². The highest BCUT2D eigenvalue weighted by Crippen LogP contribution is 2.21. The Kier molecular flexibility index (Phi) is 5.03. The van der Waals surface area contributed by atoms with Gasteiger partial charge in [0.25, 0.3) is 5.91 Å². The van der Waals surface area contributed by atoms with E-state index in [0.29, 0.717) is 11.3 Å². The molecule has 0 unspecified atom stereocenters. The third kappa shape index (κ3) is 3.88. The highest BCUT2D eigenvalue weighted by molar-refractivity contribution is 5.95. The standard InChI is InChI=1S/C18H19F2N3O/c19-14-5-6-17(16(20)10-14)22-15-9-13(11-21-12-15)18(24)23-7-3-1-2-4-8-23/h5-6,9-12,22H,1-4,7-8H2. The van der Waals surface area contributed by atoms with Crippen LogP contribution in [0.2, 0.25) is 0 Å². The Hall–Kier alpha value is -2.50. The number of aromatic nitrogens is 1. The van der Waals surface area contributed by atoms with Crippen LogP contribution < -0.4 is 5.32 Å². The summed E-state index contributed by atoms with van der Waals surface area (Å²) in [5.74, 6) is -1.40. The Labute approximate surface area is 139 Å². The van der Waals surface area contributed by atoms with Gasteiger partial charge in [0.05, 0.1) is 23.1 Å². The SMILES string of the molecule is O=C(c1cncc(Nc2ccc(F)cc2F)c1)N1CCCCCC1. The first-order valence-electron chi connectivity index (χ1n) is 8.10. The van der Waals surface area contributed by atoms with Crippen molar-refractivity contribution in [3.8, 4) is 0 Å². The molecule has 1 saturated heterocycles. The predicted octanol–water partition coefficient (Wildman–Crippen LogP) is 4.12. The van der Waals surface area contributed by atoms with E-state index in [-0.39, 0.29) is 11.6 Å². The molecule has 2 aromatic rings. The lowest BCUT2D eigenvalue weighted by Gasteiger charge is -2.20. The van der Waals surface area contributed by atoms with Crippen LogP contribution in [0.3, 0.4) is 0 Å². The number of nitrogens with zero attached hydrogens (tertiary/aromatic N) is 2. The Morgan fingerprint density at radius 2 is 1.79 bits per heavy atom. The third-order valence-electron chi connectivity index (χ3n) is 4.09. The van der Waals surface area contributed by atoms with Gasteiger partial charge in [0.15, 0.2) is 0 Å². The molecule has 3 rings (SSSR count). The summed E-state index contributed by atoms with van der Waals surface area (Å²) in [5, 5.41) is 2.84. The van der Waals surface area contributed by atoms with Crippen molar-refractivity contribution < 1.29 is 13.6 Å². The number of carbonyl (C=O) groups excluding carboxylic acids is 1. The number of hydrogen-bond donors (Lipinski definition) is 1. The van der Waals surface area contributed by atoms with E-state index in [9.17, 15) is 13.6 Å². The molecule has 0 spiro atoms. The molecule has 1 aliphatic heterocycles. The smallest absolute Gasteiger partial charge is 0.255 e. The Bertz CT molecular complexity index is 728. The van der Waals surface area contributed by atoms with Crippen molar-refractivity contribution in [1.82, 2.24) is 9.88 Å². The average Bonchev–Trinajstić information content (AvgIpc) is 2.86. The second-order valence-corrected chi connectivity index (χ2v) is 5.92. The first-order chi connectivity index (χ1) is 11.6. The average molecular weight is 331 g/mol. The molecule has 126 valence electrons. The molecular formula is C18H19F2N3O. The molecule has 1 amide bonds. The molecular weight excluding hydrogens is 312 g/mol. The van der Waals surface area contributed by atoms with Crippen molar-refractivity contribution in [3.05, 3.63) is 53.9 Å². The van der Waals surface area contributed by atoms with Crippen LogP contribution in [0.1, 0.15) is 36.0 Å². The van der Waals surface area contributed by atoms with E-state index >= 15 is 0 Å². The van der Waals surface area contributed by atoms with Gasteiger partial charge in [0, 0.05) is 25.4 Å². The fourth-order valence-electron chi connectivity index (χ4n) is 2.83. The van der Waals surface area contributed by atoms with Crippen LogP contribution in [0.4, 0.5) is 20.2 Å². The van der Waals surface area contributed by atoms with Gasteiger partial charge in [-0.3, -0.25) is 9.78 Å². The summed E-state index contributed by atoms with van der Waals surface area (Å²) >= 11 is 0. The van der Waals surface area contributed by atoms with E-state index < -0.39 is 11.6 Å². The lowest BCUT2D eigenvalue weighted by Crippen LogP contribution is -2.31. The van der Waals surface area contributed by atoms with Gasteiger partial charge in [0.1, 0.15) is 11.6 Å². The van der Waals surface area contributed by atoms with Crippen molar-refractivity contribution in [1.29, 1.82) is 0 Å². The molecule has 0 saturated carbocycles. The highest BCUT2D eigenvalue weighted by atomic mass is 19.1. The summed E-state index contributed by atoms with van der Waals surface area (Å²) in [4.78, 5) is 18.5. The molecule has 1 aromatic heterocycles. The minimum atomic E-state index is -0.695. The van der Waals surface area contributed by atoms with Gasteiger partial charge in [-0.15, -0.1) is 0 Å². The van der Waals surface area contributed by atoms with E-state index in [1.807, 2.05) is 4.90 Å². The summed E-state index contributed by atoms with van der Waals surface area (Å²) in [6, 6.07) is 4.93. The van der Waals surface area contributed by atoms with Gasteiger partial charge in [-0.25, -0.2) is 8.78 Å². The van der Waals surface area contributed by atoms with Gasteiger partial charge in [-0.1, -0.05) is 12.8 Å². The van der Waals surface area contributed by atoms with E-state index in [1.165, 1.54) is 24.5 Å². The van der Waals surface area contributed by atoms with E-state index in [2.05, 4.69) is 10.3 Å². The van der Waals surface area contributed by atoms with Crippen LogP contribution in [0.5, 0.6) is 0 Å². The van der Waals surface area contributed by atoms with Crippen LogP contribution >= 0.6 is 0 Å². The summed E-state index contributed by atoms with van der Waals surface area (Å²) in [6.07, 6.45) is 7.33. The normalized spacial score (nSPS) is 15.0. The number of likely N-dealkylation sites (tertiary alicyclic amines) is 1.